The fraction of sp³-hybridized carbons (Fsp3) is 0.0625. The van der Waals surface area contributed by atoms with Crippen molar-refractivity contribution in [3.05, 3.63) is 60.2 Å². The Balaban J connectivity index is 1.67. The van der Waals surface area contributed by atoms with Crippen LogP contribution in [0.3, 0.4) is 0 Å². The molecule has 0 atom stereocenters. The van der Waals surface area contributed by atoms with Gasteiger partial charge in [-0.3, -0.25) is 4.79 Å². The lowest BCUT2D eigenvalue weighted by molar-refractivity contribution is -0.117. The molecule has 0 aliphatic carbocycles. The predicted molar refractivity (Wildman–Crippen MR) is 83.0 cm³/mol. The van der Waals surface area contributed by atoms with Gasteiger partial charge in [0.2, 0.25) is 11.7 Å². The molecule has 0 fully saturated rings. The van der Waals surface area contributed by atoms with E-state index in [0.29, 0.717) is 17.1 Å². The summed E-state index contributed by atoms with van der Waals surface area (Å²) >= 11 is 0. The highest BCUT2D eigenvalue weighted by molar-refractivity contribution is 5.90. The first kappa shape index (κ1) is 14.4. The summed E-state index contributed by atoms with van der Waals surface area (Å²) in [5.74, 6) is 0.168. The Morgan fingerprint density at radius 1 is 1.17 bits per heavy atom. The van der Waals surface area contributed by atoms with Gasteiger partial charge in [-0.1, -0.05) is 36.4 Å². The van der Waals surface area contributed by atoms with Gasteiger partial charge in [-0.05, 0) is 23.4 Å². The van der Waals surface area contributed by atoms with Gasteiger partial charge in [0.1, 0.15) is 6.54 Å². The number of aromatic nitrogens is 4. The molecule has 112 valence electrons. The zero-order valence-corrected chi connectivity index (χ0v) is 12.0. The second kappa shape index (κ2) is 6.49. The average Bonchev–Trinajstić information content (AvgIpc) is 3.04. The fourth-order valence-corrected chi connectivity index (χ4v) is 2.01. The molecule has 0 aliphatic heterocycles. The number of tetrazole rings is 1. The largest absolute Gasteiger partial charge is 0.324 e. The van der Waals surface area contributed by atoms with E-state index in [2.05, 4.69) is 20.7 Å². The summed E-state index contributed by atoms with van der Waals surface area (Å²) in [7, 11) is 0. The highest BCUT2D eigenvalue weighted by Gasteiger charge is 2.09. The minimum atomic E-state index is -0.294. The van der Waals surface area contributed by atoms with Crippen molar-refractivity contribution in [1.29, 1.82) is 5.26 Å². The number of hydrogen-bond donors (Lipinski definition) is 1. The molecule has 0 radical (unpaired) electrons. The van der Waals surface area contributed by atoms with Gasteiger partial charge < -0.3 is 5.32 Å². The van der Waals surface area contributed by atoms with E-state index in [0.717, 1.165) is 5.56 Å². The van der Waals surface area contributed by atoms with Crippen molar-refractivity contribution in [2.45, 2.75) is 6.54 Å². The summed E-state index contributed by atoms with van der Waals surface area (Å²) in [6.07, 6.45) is 0. The van der Waals surface area contributed by atoms with Gasteiger partial charge in [0, 0.05) is 11.3 Å². The summed E-state index contributed by atoms with van der Waals surface area (Å²) in [6, 6.07) is 18.1. The smallest absolute Gasteiger partial charge is 0.248 e. The number of carbonyl (C=O) groups excluding carboxylic acids is 1. The van der Waals surface area contributed by atoms with Crippen LogP contribution in [0.1, 0.15) is 5.56 Å². The van der Waals surface area contributed by atoms with Crippen molar-refractivity contribution in [2.24, 2.45) is 0 Å². The van der Waals surface area contributed by atoms with Crippen LogP contribution in [0, 0.1) is 11.3 Å². The number of anilines is 1. The molecule has 7 nitrogen and oxygen atoms in total. The monoisotopic (exact) mass is 304 g/mol. The lowest BCUT2D eigenvalue weighted by Crippen LogP contribution is -2.20. The lowest BCUT2D eigenvalue weighted by Gasteiger charge is -2.04. The van der Waals surface area contributed by atoms with Crippen LogP contribution in [0.5, 0.6) is 0 Å². The number of nitriles is 1. The van der Waals surface area contributed by atoms with Gasteiger partial charge in [0.25, 0.3) is 0 Å². The summed E-state index contributed by atoms with van der Waals surface area (Å²) in [6.45, 7) is -0.0589. The normalized spacial score (nSPS) is 10.0. The highest BCUT2D eigenvalue weighted by atomic mass is 16.2. The molecule has 23 heavy (non-hydrogen) atoms. The molecule has 1 aromatic heterocycles. The predicted octanol–water partition coefficient (Wildman–Crippen LogP) is 1.85. The van der Waals surface area contributed by atoms with Gasteiger partial charge in [-0.15, -0.1) is 10.2 Å². The van der Waals surface area contributed by atoms with Crippen molar-refractivity contribution < 1.29 is 4.79 Å². The zero-order chi connectivity index (χ0) is 16.1. The Morgan fingerprint density at radius 2 is 2.00 bits per heavy atom. The first-order chi connectivity index (χ1) is 11.2. The van der Waals surface area contributed by atoms with Crippen molar-refractivity contribution in [3.63, 3.8) is 0 Å². The highest BCUT2D eigenvalue weighted by Crippen LogP contribution is 2.12. The average molecular weight is 304 g/mol. The van der Waals surface area contributed by atoms with E-state index in [1.807, 2.05) is 36.4 Å². The number of amides is 1. The Labute approximate surface area is 132 Å². The lowest BCUT2D eigenvalue weighted by atomic mass is 10.2. The van der Waals surface area contributed by atoms with Crippen LogP contribution < -0.4 is 5.32 Å². The quantitative estimate of drug-likeness (QED) is 0.793. The van der Waals surface area contributed by atoms with Crippen LogP contribution >= 0.6 is 0 Å². The first-order valence-corrected chi connectivity index (χ1v) is 6.88. The van der Waals surface area contributed by atoms with E-state index < -0.39 is 0 Å². The molecule has 1 amide bonds. The third-order valence-corrected chi connectivity index (χ3v) is 3.05. The van der Waals surface area contributed by atoms with Crippen molar-refractivity contribution in [3.8, 4) is 17.5 Å². The SMILES string of the molecule is N#Cc1cccc(NC(=O)Cn2nnc(-c3ccccc3)n2)c1. The summed E-state index contributed by atoms with van der Waals surface area (Å²) in [5.41, 5.74) is 1.87. The molecule has 0 unspecified atom stereocenters. The molecular weight excluding hydrogens is 292 g/mol. The van der Waals surface area contributed by atoms with E-state index in [4.69, 9.17) is 5.26 Å². The van der Waals surface area contributed by atoms with Crippen LogP contribution in [-0.2, 0) is 11.3 Å². The number of rotatable bonds is 4. The number of nitrogens with zero attached hydrogens (tertiary/aromatic N) is 5. The van der Waals surface area contributed by atoms with Crippen LogP contribution in [0.25, 0.3) is 11.4 Å². The fourth-order valence-electron chi connectivity index (χ4n) is 2.01. The van der Waals surface area contributed by atoms with Gasteiger partial charge in [0.05, 0.1) is 11.6 Å². The molecule has 1 heterocycles. The number of benzene rings is 2. The Bertz CT molecular complexity index is 866. The number of nitrogens with one attached hydrogen (secondary N) is 1. The van der Waals surface area contributed by atoms with Gasteiger partial charge >= 0.3 is 0 Å². The molecule has 3 aromatic rings. The summed E-state index contributed by atoms with van der Waals surface area (Å²) in [4.78, 5) is 13.2. The zero-order valence-electron chi connectivity index (χ0n) is 12.0. The van der Waals surface area contributed by atoms with Gasteiger partial charge in [-0.25, -0.2) is 0 Å². The maximum Gasteiger partial charge on any atom is 0.248 e. The molecule has 1 N–H and O–H groups in total. The second-order valence-electron chi connectivity index (χ2n) is 4.75. The molecule has 0 saturated heterocycles. The molecule has 0 saturated carbocycles. The van der Waals surface area contributed by atoms with E-state index in [9.17, 15) is 4.79 Å². The van der Waals surface area contributed by atoms with Crippen LogP contribution in [0.2, 0.25) is 0 Å². The maximum atomic E-state index is 12.0. The van der Waals surface area contributed by atoms with Gasteiger partial charge in [0.15, 0.2) is 0 Å². The third kappa shape index (κ3) is 3.57. The minimum absolute atomic E-state index is 0.0589. The van der Waals surface area contributed by atoms with Crippen LogP contribution in [-0.4, -0.2) is 26.1 Å². The molecule has 7 heteroatoms. The topological polar surface area (TPSA) is 96.5 Å². The maximum absolute atomic E-state index is 12.0. The van der Waals surface area contributed by atoms with Crippen molar-refractivity contribution >= 4 is 11.6 Å². The molecular formula is C16H12N6O. The molecule has 3 rings (SSSR count). The molecule has 0 aliphatic rings. The number of hydrogen-bond acceptors (Lipinski definition) is 5. The first-order valence-electron chi connectivity index (χ1n) is 6.88. The van der Waals surface area contributed by atoms with E-state index in [-0.39, 0.29) is 12.5 Å². The van der Waals surface area contributed by atoms with E-state index >= 15 is 0 Å². The van der Waals surface area contributed by atoms with Crippen molar-refractivity contribution in [2.75, 3.05) is 5.32 Å². The summed E-state index contributed by atoms with van der Waals surface area (Å²) < 4.78 is 0. The van der Waals surface area contributed by atoms with E-state index in [1.165, 1.54) is 4.80 Å². The minimum Gasteiger partial charge on any atom is -0.324 e. The Hall–Kier alpha value is -3.53. The Morgan fingerprint density at radius 3 is 2.78 bits per heavy atom. The van der Waals surface area contributed by atoms with Crippen LogP contribution in [0.4, 0.5) is 5.69 Å². The van der Waals surface area contributed by atoms with E-state index in [1.54, 1.807) is 24.3 Å². The standard InChI is InChI=1S/C16H12N6O/c17-10-12-5-4-8-14(9-12)18-15(23)11-22-20-16(19-21-22)13-6-2-1-3-7-13/h1-9H,11H2,(H,18,23). The second-order valence-corrected chi connectivity index (χ2v) is 4.75. The molecule has 2 aromatic carbocycles. The van der Waals surface area contributed by atoms with Crippen LogP contribution in [0.15, 0.2) is 54.6 Å². The Kier molecular flexibility index (Phi) is 4.07. The van der Waals surface area contributed by atoms with Crippen molar-refractivity contribution in [1.82, 2.24) is 20.2 Å². The third-order valence-electron chi connectivity index (χ3n) is 3.05. The summed E-state index contributed by atoms with van der Waals surface area (Å²) in [5, 5.41) is 23.5. The van der Waals surface area contributed by atoms with Gasteiger partial charge in [-0.2, -0.15) is 10.1 Å². The molecule has 0 spiro atoms. The number of carbonyl (C=O) groups is 1. The molecule has 0 bridgehead atoms.